The number of fused-ring (bicyclic) bond motifs is 1. The highest BCUT2D eigenvalue weighted by atomic mass is 16.4. The summed E-state index contributed by atoms with van der Waals surface area (Å²) in [5.41, 5.74) is 1.96. The number of phenols is 1. The summed E-state index contributed by atoms with van der Waals surface area (Å²) < 4.78 is 0. The third-order valence-corrected chi connectivity index (χ3v) is 10.2. The van der Waals surface area contributed by atoms with Crippen LogP contribution in [-0.2, 0) is 36.8 Å². The summed E-state index contributed by atoms with van der Waals surface area (Å²) in [5.74, 6) is -4.29. The van der Waals surface area contributed by atoms with E-state index in [2.05, 4.69) is 33.2 Å². The number of likely N-dealkylation sites (N-methyl/N-ethyl adjacent to an activating group) is 1. The molecule has 2 heterocycles. The molecule has 3 aromatic rings. The quantitative estimate of drug-likeness (QED) is 0.0715. The maximum absolute atomic E-state index is 13.9. The van der Waals surface area contributed by atoms with E-state index >= 15 is 0 Å². The standard InChI is InChI=1S/C40H56N6O9/c1-4-5-6-7-8-14-30(41-3)35(49)38(52)45-34(24(2)47)39(53)46-20-11-15-33(46)37(51)43-31(21-25-16-18-28(48)19-17-25)36(50)44-32(40(54)55)23-27-22-26-12-9-10-13-29(26)42-27/h9-10,12-13,16-19,22,24,30-35,41-42,47-49H,4-8,11,14-15,20-21,23H2,1-3H3,(H,43,51)(H,44,50)(H,45,52)(H,54,55). The number of amides is 4. The number of rotatable bonds is 21. The van der Waals surface area contributed by atoms with Crippen LogP contribution in [0.5, 0.6) is 5.75 Å². The van der Waals surface area contributed by atoms with Crippen molar-refractivity contribution in [3.8, 4) is 5.75 Å². The van der Waals surface area contributed by atoms with Crippen molar-refractivity contribution in [1.29, 1.82) is 0 Å². The van der Waals surface area contributed by atoms with Crippen molar-refractivity contribution in [2.24, 2.45) is 0 Å². The number of carboxylic acids is 1. The molecule has 0 spiro atoms. The van der Waals surface area contributed by atoms with Crippen molar-refractivity contribution in [3.63, 3.8) is 0 Å². The van der Waals surface area contributed by atoms with Crippen LogP contribution in [0, 0.1) is 0 Å². The third-order valence-electron chi connectivity index (χ3n) is 10.2. The number of nitrogens with zero attached hydrogens (tertiary/aromatic N) is 1. The number of H-pyrrole nitrogens is 1. The molecule has 4 amide bonds. The van der Waals surface area contributed by atoms with E-state index in [9.17, 15) is 44.4 Å². The number of aromatic nitrogens is 1. The molecule has 1 aliphatic rings. The van der Waals surface area contributed by atoms with Gasteiger partial charge in [-0.2, -0.15) is 0 Å². The molecule has 15 heteroatoms. The van der Waals surface area contributed by atoms with E-state index < -0.39 is 72.0 Å². The van der Waals surface area contributed by atoms with Gasteiger partial charge in [-0.1, -0.05) is 69.4 Å². The van der Waals surface area contributed by atoms with E-state index in [1.54, 1.807) is 25.2 Å². The first kappa shape index (κ1) is 42.7. The predicted molar refractivity (Wildman–Crippen MR) is 206 cm³/mol. The average molecular weight is 765 g/mol. The number of aliphatic carboxylic acids is 1. The molecule has 300 valence electrons. The van der Waals surface area contributed by atoms with Crippen LogP contribution in [0.2, 0.25) is 0 Å². The van der Waals surface area contributed by atoms with Crippen molar-refractivity contribution in [2.45, 2.75) is 120 Å². The zero-order valence-electron chi connectivity index (χ0n) is 31.8. The fourth-order valence-corrected chi connectivity index (χ4v) is 7.00. The minimum absolute atomic E-state index is 0.00525. The number of phenolic OH excluding ortho intramolecular Hbond substituents is 1. The Hall–Kier alpha value is -4.99. The minimum atomic E-state index is -1.49. The number of carboxylic acid groups (broad SMARTS) is 1. The van der Waals surface area contributed by atoms with Gasteiger partial charge in [0, 0.05) is 36.6 Å². The summed E-state index contributed by atoms with van der Waals surface area (Å²) in [6, 6.07) is 9.49. The highest BCUT2D eigenvalue weighted by molar-refractivity contribution is 5.96. The number of hydrogen-bond acceptors (Lipinski definition) is 9. The first-order chi connectivity index (χ1) is 26.3. The Morgan fingerprint density at radius 3 is 2.25 bits per heavy atom. The molecule has 1 fully saturated rings. The number of benzene rings is 2. The van der Waals surface area contributed by atoms with Crippen LogP contribution >= 0.6 is 0 Å². The Bertz CT molecular complexity index is 1710. The third kappa shape index (κ3) is 12.0. The summed E-state index contributed by atoms with van der Waals surface area (Å²) in [6.45, 7) is 3.58. The number of aromatic hydroxyl groups is 1. The number of hydrogen-bond donors (Lipinski definition) is 9. The monoisotopic (exact) mass is 764 g/mol. The Labute approximate surface area is 321 Å². The van der Waals surface area contributed by atoms with Gasteiger partial charge in [0.05, 0.1) is 6.10 Å². The molecule has 0 aliphatic carbocycles. The molecule has 55 heavy (non-hydrogen) atoms. The van der Waals surface area contributed by atoms with Crippen molar-refractivity contribution in [2.75, 3.05) is 13.6 Å². The van der Waals surface area contributed by atoms with Crippen LogP contribution in [0.1, 0.15) is 76.5 Å². The first-order valence-electron chi connectivity index (χ1n) is 19.1. The molecule has 2 aromatic carbocycles. The zero-order valence-corrected chi connectivity index (χ0v) is 31.8. The molecule has 7 unspecified atom stereocenters. The van der Waals surface area contributed by atoms with Gasteiger partial charge in [0.15, 0.2) is 0 Å². The molecule has 15 nitrogen and oxygen atoms in total. The fraction of sp³-hybridized carbons (Fsp3) is 0.525. The molecule has 9 N–H and O–H groups in total. The summed E-state index contributed by atoms with van der Waals surface area (Å²) in [6.07, 6.45) is 3.20. The number of carbonyl (C=O) groups is 5. The molecule has 0 bridgehead atoms. The van der Waals surface area contributed by atoms with Crippen LogP contribution in [0.15, 0.2) is 54.6 Å². The second-order valence-corrected chi connectivity index (χ2v) is 14.4. The first-order valence-corrected chi connectivity index (χ1v) is 19.1. The molecular weight excluding hydrogens is 708 g/mol. The molecule has 7 atom stereocenters. The fourth-order valence-electron chi connectivity index (χ4n) is 7.00. The Kier molecular flexibility index (Phi) is 16.0. The molecule has 1 aliphatic heterocycles. The normalized spacial score (nSPS) is 17.5. The predicted octanol–water partition coefficient (Wildman–Crippen LogP) is 1.88. The number of nitrogens with one attached hydrogen (secondary N) is 5. The lowest BCUT2D eigenvalue weighted by Crippen LogP contribution is -2.61. The van der Waals surface area contributed by atoms with Crippen molar-refractivity contribution < 1.29 is 44.4 Å². The number of unbranched alkanes of at least 4 members (excludes halogenated alkanes) is 4. The summed E-state index contributed by atoms with van der Waals surface area (Å²) in [7, 11) is 1.64. The van der Waals surface area contributed by atoms with Crippen molar-refractivity contribution in [1.82, 2.24) is 31.2 Å². The maximum Gasteiger partial charge on any atom is 0.326 e. The number of aliphatic hydroxyl groups excluding tert-OH is 2. The second-order valence-electron chi connectivity index (χ2n) is 14.4. The lowest BCUT2D eigenvalue weighted by molar-refractivity contribution is -0.146. The lowest BCUT2D eigenvalue weighted by atomic mass is 10.0. The van der Waals surface area contributed by atoms with Crippen LogP contribution in [0.3, 0.4) is 0 Å². The van der Waals surface area contributed by atoms with E-state index in [1.807, 2.05) is 24.3 Å². The Morgan fingerprint density at radius 2 is 1.60 bits per heavy atom. The topological polar surface area (TPSA) is 233 Å². The summed E-state index contributed by atoms with van der Waals surface area (Å²) in [5, 5.41) is 52.9. The average Bonchev–Trinajstić information content (AvgIpc) is 3.82. The largest absolute Gasteiger partial charge is 0.508 e. The maximum atomic E-state index is 13.9. The number of para-hydroxylation sites is 1. The van der Waals surface area contributed by atoms with E-state index in [0.29, 0.717) is 24.1 Å². The van der Waals surface area contributed by atoms with Gasteiger partial charge in [0.2, 0.25) is 17.7 Å². The van der Waals surface area contributed by atoms with Gasteiger partial charge >= 0.3 is 5.97 Å². The summed E-state index contributed by atoms with van der Waals surface area (Å²) >= 11 is 0. The highest BCUT2D eigenvalue weighted by Crippen LogP contribution is 2.21. The van der Waals surface area contributed by atoms with Crippen LogP contribution in [0.25, 0.3) is 10.9 Å². The number of likely N-dealkylation sites (tertiary alicyclic amines) is 1. The molecule has 0 radical (unpaired) electrons. The van der Waals surface area contributed by atoms with Crippen LogP contribution < -0.4 is 21.3 Å². The highest BCUT2D eigenvalue weighted by Gasteiger charge is 2.41. The molecule has 4 rings (SSSR count). The van der Waals surface area contributed by atoms with Crippen LogP contribution in [-0.4, -0.2) is 116 Å². The lowest BCUT2D eigenvalue weighted by Gasteiger charge is -2.32. The van der Waals surface area contributed by atoms with Gasteiger partial charge in [-0.25, -0.2) is 4.79 Å². The number of aromatic amines is 1. The summed E-state index contributed by atoms with van der Waals surface area (Å²) in [4.78, 5) is 71.5. The molecule has 1 aromatic heterocycles. The van der Waals surface area contributed by atoms with Gasteiger partial charge in [-0.3, -0.25) is 19.2 Å². The van der Waals surface area contributed by atoms with E-state index in [0.717, 1.165) is 43.0 Å². The van der Waals surface area contributed by atoms with Gasteiger partial charge < -0.3 is 51.6 Å². The zero-order chi connectivity index (χ0) is 40.1. The van der Waals surface area contributed by atoms with Crippen molar-refractivity contribution in [3.05, 3.63) is 65.9 Å². The number of carbonyl (C=O) groups excluding carboxylic acids is 4. The van der Waals surface area contributed by atoms with E-state index in [-0.39, 0.29) is 31.6 Å². The minimum Gasteiger partial charge on any atom is -0.508 e. The van der Waals surface area contributed by atoms with Gasteiger partial charge in [-0.15, -0.1) is 0 Å². The Morgan fingerprint density at radius 1 is 0.891 bits per heavy atom. The van der Waals surface area contributed by atoms with Gasteiger partial charge in [0.1, 0.15) is 36.0 Å². The molecular formula is C40H56N6O9. The SMILES string of the molecule is CCCCCCCC(NC)C(O)C(=O)NC(C(=O)N1CCCC1C(=O)NC(Cc1ccc(O)cc1)C(=O)NC(Cc1cc2ccccc2[nH]1)C(=O)O)C(C)O. The molecule has 0 saturated carbocycles. The van der Waals surface area contributed by atoms with Gasteiger partial charge in [0.25, 0.3) is 5.91 Å². The second kappa shape index (κ2) is 20.6. The van der Waals surface area contributed by atoms with Crippen LogP contribution in [0.4, 0.5) is 0 Å². The number of aliphatic hydroxyl groups is 2. The van der Waals surface area contributed by atoms with Crippen molar-refractivity contribution >= 4 is 40.5 Å². The Balaban J connectivity index is 1.47. The smallest absolute Gasteiger partial charge is 0.326 e. The van der Waals surface area contributed by atoms with Gasteiger partial charge in [-0.05, 0) is 68.4 Å². The van der Waals surface area contributed by atoms with E-state index in [1.165, 1.54) is 24.0 Å². The molecule has 1 saturated heterocycles. The van der Waals surface area contributed by atoms with E-state index in [4.69, 9.17) is 0 Å².